The minimum atomic E-state index is -0.861. The van der Waals surface area contributed by atoms with Crippen LogP contribution in [-0.4, -0.2) is 28.9 Å². The number of carbonyl (C=O) groups is 2. The average molecular weight is 297 g/mol. The van der Waals surface area contributed by atoms with Crippen LogP contribution in [0.3, 0.4) is 0 Å². The molecular formula is C17H19N3O2. The van der Waals surface area contributed by atoms with E-state index in [1.165, 1.54) is 4.90 Å². The SMILES string of the molecule is CC1(C)NC(=O)N(CC(N)c2ccc3ccccc3c2)C1=O. The molecule has 3 N–H and O–H groups in total. The summed E-state index contributed by atoms with van der Waals surface area (Å²) in [5.41, 5.74) is 6.25. The molecule has 0 spiro atoms. The van der Waals surface area contributed by atoms with Crippen LogP contribution in [0.5, 0.6) is 0 Å². The van der Waals surface area contributed by atoms with Crippen molar-refractivity contribution < 1.29 is 9.59 Å². The van der Waals surface area contributed by atoms with E-state index in [1.54, 1.807) is 13.8 Å². The van der Waals surface area contributed by atoms with Gasteiger partial charge in [-0.1, -0.05) is 36.4 Å². The zero-order valence-electron chi connectivity index (χ0n) is 12.7. The minimum Gasteiger partial charge on any atom is -0.324 e. The van der Waals surface area contributed by atoms with Crippen LogP contribution in [0.4, 0.5) is 4.79 Å². The van der Waals surface area contributed by atoms with E-state index in [9.17, 15) is 9.59 Å². The zero-order chi connectivity index (χ0) is 15.9. The number of amides is 3. The molecule has 0 aromatic heterocycles. The molecule has 1 heterocycles. The van der Waals surface area contributed by atoms with Crippen molar-refractivity contribution in [1.29, 1.82) is 0 Å². The smallest absolute Gasteiger partial charge is 0.324 e. The Hall–Kier alpha value is -2.40. The maximum Gasteiger partial charge on any atom is 0.325 e. The Morgan fingerprint density at radius 3 is 2.45 bits per heavy atom. The number of urea groups is 1. The number of nitrogens with zero attached hydrogens (tertiary/aromatic N) is 1. The van der Waals surface area contributed by atoms with Gasteiger partial charge in [-0.15, -0.1) is 0 Å². The fraction of sp³-hybridized carbons (Fsp3) is 0.294. The first-order valence-electron chi connectivity index (χ1n) is 7.27. The Balaban J connectivity index is 1.83. The van der Waals surface area contributed by atoms with Gasteiger partial charge in [0.15, 0.2) is 0 Å². The predicted octanol–water partition coefficient (Wildman–Crippen LogP) is 2.17. The molecule has 5 nitrogen and oxygen atoms in total. The molecule has 5 heteroatoms. The number of rotatable bonds is 3. The van der Waals surface area contributed by atoms with Crippen LogP contribution in [0, 0.1) is 0 Å². The summed E-state index contributed by atoms with van der Waals surface area (Å²) >= 11 is 0. The second kappa shape index (κ2) is 5.10. The van der Waals surface area contributed by atoms with Crippen LogP contribution in [0.15, 0.2) is 42.5 Å². The Bertz CT molecular complexity index is 754. The number of carbonyl (C=O) groups excluding carboxylic acids is 2. The second-order valence-electron chi connectivity index (χ2n) is 6.18. The maximum absolute atomic E-state index is 12.2. The van der Waals surface area contributed by atoms with Crippen molar-refractivity contribution in [2.45, 2.75) is 25.4 Å². The van der Waals surface area contributed by atoms with E-state index in [1.807, 2.05) is 42.5 Å². The molecule has 0 aliphatic carbocycles. The Kier molecular flexibility index (Phi) is 3.37. The molecule has 2 aromatic carbocycles. The van der Waals surface area contributed by atoms with Crippen LogP contribution < -0.4 is 11.1 Å². The van der Waals surface area contributed by atoms with E-state index in [-0.39, 0.29) is 18.5 Å². The lowest BCUT2D eigenvalue weighted by Crippen LogP contribution is -2.41. The third-order valence-electron chi connectivity index (χ3n) is 4.03. The molecule has 1 fully saturated rings. The molecule has 1 aliphatic heterocycles. The molecule has 3 rings (SSSR count). The fourth-order valence-electron chi connectivity index (χ4n) is 2.72. The summed E-state index contributed by atoms with van der Waals surface area (Å²) in [7, 11) is 0. The van der Waals surface area contributed by atoms with Crippen molar-refractivity contribution in [3.05, 3.63) is 48.0 Å². The third-order valence-corrected chi connectivity index (χ3v) is 4.03. The molecule has 2 aromatic rings. The topological polar surface area (TPSA) is 75.4 Å². The molecule has 1 unspecified atom stereocenters. The highest BCUT2D eigenvalue weighted by molar-refractivity contribution is 6.06. The molecule has 1 saturated heterocycles. The van der Waals surface area contributed by atoms with Gasteiger partial charge in [0.2, 0.25) is 0 Å². The summed E-state index contributed by atoms with van der Waals surface area (Å²) in [6.07, 6.45) is 0. The average Bonchev–Trinajstić information content (AvgIpc) is 2.68. The molecule has 0 radical (unpaired) electrons. The van der Waals surface area contributed by atoms with Crippen LogP contribution in [0.1, 0.15) is 25.5 Å². The van der Waals surface area contributed by atoms with Gasteiger partial charge in [0.05, 0.1) is 0 Å². The normalized spacial score (nSPS) is 18.6. The largest absolute Gasteiger partial charge is 0.325 e. The van der Waals surface area contributed by atoms with Gasteiger partial charge < -0.3 is 11.1 Å². The first kappa shape index (κ1) is 14.5. The van der Waals surface area contributed by atoms with Gasteiger partial charge in [0.1, 0.15) is 5.54 Å². The molecular weight excluding hydrogens is 278 g/mol. The van der Waals surface area contributed by atoms with Gasteiger partial charge in [0, 0.05) is 12.6 Å². The molecule has 114 valence electrons. The van der Waals surface area contributed by atoms with Gasteiger partial charge in [-0.2, -0.15) is 0 Å². The number of hydrogen-bond donors (Lipinski definition) is 2. The van der Waals surface area contributed by atoms with Crippen molar-refractivity contribution in [2.24, 2.45) is 5.73 Å². The van der Waals surface area contributed by atoms with E-state index >= 15 is 0 Å². The minimum absolute atomic E-state index is 0.173. The number of hydrogen-bond acceptors (Lipinski definition) is 3. The molecule has 1 aliphatic rings. The van der Waals surface area contributed by atoms with E-state index in [0.717, 1.165) is 16.3 Å². The molecule has 0 saturated carbocycles. The summed E-state index contributed by atoms with van der Waals surface area (Å²) < 4.78 is 0. The van der Waals surface area contributed by atoms with Crippen LogP contribution in [-0.2, 0) is 4.79 Å². The summed E-state index contributed by atoms with van der Waals surface area (Å²) in [6, 6.07) is 13.2. The monoisotopic (exact) mass is 297 g/mol. The lowest BCUT2D eigenvalue weighted by atomic mass is 10.0. The maximum atomic E-state index is 12.2. The Morgan fingerprint density at radius 1 is 1.14 bits per heavy atom. The van der Waals surface area contributed by atoms with Crippen LogP contribution in [0.2, 0.25) is 0 Å². The number of benzene rings is 2. The van der Waals surface area contributed by atoms with Gasteiger partial charge in [-0.05, 0) is 36.2 Å². The Morgan fingerprint density at radius 2 is 1.82 bits per heavy atom. The van der Waals surface area contributed by atoms with E-state index in [2.05, 4.69) is 5.32 Å². The number of nitrogens with one attached hydrogen (secondary N) is 1. The van der Waals surface area contributed by atoms with Crippen molar-refractivity contribution in [3.63, 3.8) is 0 Å². The molecule has 22 heavy (non-hydrogen) atoms. The molecule has 0 bridgehead atoms. The van der Waals surface area contributed by atoms with Crippen molar-refractivity contribution >= 4 is 22.7 Å². The lowest BCUT2D eigenvalue weighted by molar-refractivity contribution is -0.130. The fourth-order valence-corrected chi connectivity index (χ4v) is 2.72. The number of nitrogens with two attached hydrogens (primary N) is 1. The highest BCUT2D eigenvalue weighted by Crippen LogP contribution is 2.23. The highest BCUT2D eigenvalue weighted by atomic mass is 16.2. The van der Waals surface area contributed by atoms with Crippen LogP contribution in [0.25, 0.3) is 10.8 Å². The third kappa shape index (κ3) is 2.44. The summed E-state index contributed by atoms with van der Waals surface area (Å²) in [6.45, 7) is 3.55. The number of imide groups is 1. The van der Waals surface area contributed by atoms with Crippen LogP contribution >= 0.6 is 0 Å². The zero-order valence-corrected chi connectivity index (χ0v) is 12.7. The summed E-state index contributed by atoms with van der Waals surface area (Å²) in [5.74, 6) is -0.242. The standard InChI is InChI=1S/C17H19N3O2/c1-17(2)15(21)20(16(22)19-17)10-14(18)13-8-7-11-5-3-4-6-12(11)9-13/h3-9,14H,10,18H2,1-2H3,(H,19,22). The van der Waals surface area contributed by atoms with E-state index in [4.69, 9.17) is 5.73 Å². The van der Waals surface area contributed by atoms with Crippen molar-refractivity contribution in [2.75, 3.05) is 6.54 Å². The first-order chi connectivity index (χ1) is 10.4. The summed E-state index contributed by atoms with van der Waals surface area (Å²) in [4.78, 5) is 25.3. The van der Waals surface area contributed by atoms with Gasteiger partial charge in [-0.3, -0.25) is 9.69 Å². The highest BCUT2D eigenvalue weighted by Gasteiger charge is 2.44. The predicted molar refractivity (Wildman–Crippen MR) is 85.2 cm³/mol. The van der Waals surface area contributed by atoms with Crippen molar-refractivity contribution in [1.82, 2.24) is 10.2 Å². The van der Waals surface area contributed by atoms with Gasteiger partial charge >= 0.3 is 6.03 Å². The first-order valence-corrected chi connectivity index (χ1v) is 7.27. The van der Waals surface area contributed by atoms with Crippen molar-refractivity contribution in [3.8, 4) is 0 Å². The summed E-state index contributed by atoms with van der Waals surface area (Å²) in [5, 5.41) is 4.89. The lowest BCUT2D eigenvalue weighted by Gasteiger charge is -2.20. The quantitative estimate of drug-likeness (QED) is 0.853. The second-order valence-corrected chi connectivity index (χ2v) is 6.18. The number of fused-ring (bicyclic) bond motifs is 1. The Labute approximate surface area is 129 Å². The molecule has 3 amide bonds. The van der Waals surface area contributed by atoms with Gasteiger partial charge in [0.25, 0.3) is 5.91 Å². The van der Waals surface area contributed by atoms with E-state index < -0.39 is 11.6 Å². The molecule has 1 atom stereocenters. The van der Waals surface area contributed by atoms with Gasteiger partial charge in [-0.25, -0.2) is 4.79 Å². The van der Waals surface area contributed by atoms with E-state index in [0.29, 0.717) is 0 Å².